The molecule has 0 aromatic rings. The monoisotopic (exact) mass is 316 g/mol. The van der Waals surface area contributed by atoms with Crippen LogP contribution in [0.5, 0.6) is 0 Å². The molecule has 0 aliphatic carbocycles. The number of amides is 1. The molecule has 1 rings (SSSR count). The molecule has 1 atom stereocenters. The molecule has 0 aromatic heterocycles. The van der Waals surface area contributed by atoms with Crippen LogP contribution in [0.4, 0.5) is 4.79 Å². The zero-order chi connectivity index (χ0) is 15.9. The number of nitrogens with one attached hydrogen (secondary N) is 1. The lowest BCUT2D eigenvalue weighted by Crippen LogP contribution is -2.44. The summed E-state index contributed by atoms with van der Waals surface area (Å²) in [7, 11) is 0. The van der Waals surface area contributed by atoms with Gasteiger partial charge in [-0.25, -0.2) is 4.79 Å². The third-order valence-corrected chi connectivity index (χ3v) is 4.56. The molecule has 0 spiro atoms. The molecule has 1 heterocycles. The second-order valence-corrected chi connectivity index (χ2v) is 7.79. The van der Waals surface area contributed by atoms with Crippen molar-refractivity contribution >= 4 is 17.9 Å². The zero-order valence-electron chi connectivity index (χ0n) is 14.3. The molecule has 1 saturated heterocycles. The first-order valence-electron chi connectivity index (χ1n) is 8.06. The van der Waals surface area contributed by atoms with Gasteiger partial charge < -0.3 is 15.0 Å². The average Bonchev–Trinajstić information content (AvgIpc) is 2.42. The average molecular weight is 317 g/mol. The Morgan fingerprint density at radius 2 is 2.00 bits per heavy atom. The van der Waals surface area contributed by atoms with E-state index in [2.05, 4.69) is 18.5 Å². The lowest BCUT2D eigenvalue weighted by molar-refractivity contribution is 0.0183. The van der Waals surface area contributed by atoms with Gasteiger partial charge in [0.05, 0.1) is 0 Å². The number of ether oxygens (including phenoxy) is 1. The van der Waals surface area contributed by atoms with E-state index in [1.807, 2.05) is 37.4 Å². The first kappa shape index (κ1) is 18.6. The normalized spacial score (nSPS) is 18.6. The van der Waals surface area contributed by atoms with E-state index < -0.39 is 5.60 Å². The van der Waals surface area contributed by atoms with Gasteiger partial charge in [-0.1, -0.05) is 6.92 Å². The van der Waals surface area contributed by atoms with E-state index in [0.29, 0.717) is 12.0 Å². The van der Waals surface area contributed by atoms with Crippen LogP contribution in [-0.2, 0) is 4.74 Å². The minimum Gasteiger partial charge on any atom is -0.444 e. The van der Waals surface area contributed by atoms with E-state index in [0.717, 1.165) is 32.5 Å². The molecule has 1 aliphatic heterocycles. The topological polar surface area (TPSA) is 41.6 Å². The summed E-state index contributed by atoms with van der Waals surface area (Å²) in [4.78, 5) is 13.9. The number of rotatable bonds is 6. The van der Waals surface area contributed by atoms with E-state index in [4.69, 9.17) is 4.74 Å². The van der Waals surface area contributed by atoms with Gasteiger partial charge in [0.2, 0.25) is 0 Å². The number of hydrogen-bond donors (Lipinski definition) is 1. The van der Waals surface area contributed by atoms with E-state index in [1.54, 1.807) is 0 Å². The Hall–Kier alpha value is -0.420. The Kier molecular flexibility index (Phi) is 7.88. The largest absolute Gasteiger partial charge is 0.444 e. The van der Waals surface area contributed by atoms with Gasteiger partial charge in [0.25, 0.3) is 0 Å². The number of likely N-dealkylation sites (tertiary alicyclic amines) is 1. The maximum absolute atomic E-state index is 12.0. The van der Waals surface area contributed by atoms with Crippen molar-refractivity contribution in [1.82, 2.24) is 10.2 Å². The number of thioether (sulfide) groups is 1. The number of carbonyl (C=O) groups is 1. The van der Waals surface area contributed by atoms with Gasteiger partial charge in [0.1, 0.15) is 5.60 Å². The minimum atomic E-state index is -0.401. The maximum atomic E-state index is 12.0. The van der Waals surface area contributed by atoms with Crippen molar-refractivity contribution < 1.29 is 9.53 Å². The Balaban J connectivity index is 2.27. The number of hydrogen-bond acceptors (Lipinski definition) is 4. The van der Waals surface area contributed by atoms with Crippen molar-refractivity contribution in [2.45, 2.75) is 58.6 Å². The molecule has 5 heteroatoms. The van der Waals surface area contributed by atoms with Gasteiger partial charge in [0, 0.05) is 24.9 Å². The van der Waals surface area contributed by atoms with E-state index >= 15 is 0 Å². The van der Waals surface area contributed by atoms with Gasteiger partial charge in [0.15, 0.2) is 0 Å². The van der Waals surface area contributed by atoms with Gasteiger partial charge in [-0.2, -0.15) is 11.8 Å². The summed E-state index contributed by atoms with van der Waals surface area (Å²) in [6, 6.07) is 0.615. The van der Waals surface area contributed by atoms with Crippen LogP contribution in [-0.4, -0.2) is 54.3 Å². The van der Waals surface area contributed by atoms with Gasteiger partial charge in [-0.05, 0) is 58.8 Å². The summed E-state index contributed by atoms with van der Waals surface area (Å²) >= 11 is 1.90. The molecule has 21 heavy (non-hydrogen) atoms. The molecule has 1 N–H and O–H groups in total. The Morgan fingerprint density at radius 3 is 2.48 bits per heavy atom. The van der Waals surface area contributed by atoms with Crippen molar-refractivity contribution in [3.8, 4) is 0 Å². The van der Waals surface area contributed by atoms with Crippen molar-refractivity contribution in [3.05, 3.63) is 0 Å². The van der Waals surface area contributed by atoms with E-state index in [9.17, 15) is 4.79 Å². The lowest BCUT2D eigenvalue weighted by atomic mass is 9.96. The number of piperidine rings is 1. The van der Waals surface area contributed by atoms with Crippen LogP contribution in [0.15, 0.2) is 0 Å². The lowest BCUT2D eigenvalue weighted by Gasteiger charge is -2.34. The first-order valence-corrected chi connectivity index (χ1v) is 9.45. The van der Waals surface area contributed by atoms with E-state index in [-0.39, 0.29) is 6.09 Å². The minimum absolute atomic E-state index is 0.164. The van der Waals surface area contributed by atoms with E-state index in [1.165, 1.54) is 12.2 Å². The highest BCUT2D eigenvalue weighted by atomic mass is 32.2. The summed E-state index contributed by atoms with van der Waals surface area (Å²) in [5.41, 5.74) is -0.401. The van der Waals surface area contributed by atoms with Crippen LogP contribution in [0, 0.1) is 5.92 Å². The van der Waals surface area contributed by atoms with Crippen molar-refractivity contribution in [2.24, 2.45) is 5.92 Å². The smallest absolute Gasteiger partial charge is 0.410 e. The number of carbonyl (C=O) groups excluding carboxylic acids is 1. The summed E-state index contributed by atoms with van der Waals surface area (Å²) < 4.78 is 5.43. The van der Waals surface area contributed by atoms with Crippen molar-refractivity contribution in [1.29, 1.82) is 0 Å². The first-order chi connectivity index (χ1) is 9.85. The molecule has 0 bridgehead atoms. The highest BCUT2D eigenvalue weighted by molar-refractivity contribution is 7.98. The maximum Gasteiger partial charge on any atom is 0.410 e. The molecule has 4 nitrogen and oxygen atoms in total. The fraction of sp³-hybridized carbons (Fsp3) is 0.938. The van der Waals surface area contributed by atoms with Crippen LogP contribution in [0.1, 0.15) is 47.0 Å². The molecule has 0 radical (unpaired) electrons. The fourth-order valence-electron chi connectivity index (χ4n) is 2.50. The predicted molar refractivity (Wildman–Crippen MR) is 91.0 cm³/mol. The van der Waals surface area contributed by atoms with Gasteiger partial charge in [-0.15, -0.1) is 0 Å². The van der Waals surface area contributed by atoms with Crippen LogP contribution < -0.4 is 5.32 Å². The number of nitrogens with zero attached hydrogens (tertiary/aromatic N) is 1. The Labute approximate surface area is 134 Å². The van der Waals surface area contributed by atoms with Gasteiger partial charge in [-0.3, -0.25) is 0 Å². The molecular weight excluding hydrogens is 284 g/mol. The summed E-state index contributed by atoms with van der Waals surface area (Å²) in [6.07, 6.45) is 5.31. The molecule has 1 aliphatic rings. The molecule has 1 amide bonds. The fourth-order valence-corrected chi connectivity index (χ4v) is 3.26. The van der Waals surface area contributed by atoms with Crippen molar-refractivity contribution in [2.75, 3.05) is 31.6 Å². The van der Waals surface area contributed by atoms with Gasteiger partial charge >= 0.3 is 6.09 Å². The Morgan fingerprint density at radius 1 is 1.38 bits per heavy atom. The molecule has 0 saturated carbocycles. The van der Waals surface area contributed by atoms with Crippen LogP contribution in [0.25, 0.3) is 0 Å². The van der Waals surface area contributed by atoms with Crippen LogP contribution >= 0.6 is 11.8 Å². The molecule has 1 fully saturated rings. The van der Waals surface area contributed by atoms with Crippen LogP contribution in [0.3, 0.4) is 0 Å². The zero-order valence-corrected chi connectivity index (χ0v) is 15.1. The summed E-state index contributed by atoms with van der Waals surface area (Å²) in [5, 5.41) is 3.67. The third kappa shape index (κ3) is 7.41. The van der Waals surface area contributed by atoms with Crippen molar-refractivity contribution in [3.63, 3.8) is 0 Å². The molecule has 124 valence electrons. The highest BCUT2D eigenvalue weighted by Gasteiger charge is 2.26. The summed E-state index contributed by atoms with van der Waals surface area (Å²) in [5.74, 6) is 1.85. The SMILES string of the molecule is CCC(CSC)NCC1CCN(C(=O)OC(C)(C)C)CC1. The molecular formula is C16H32N2O2S. The quantitative estimate of drug-likeness (QED) is 0.816. The molecule has 0 aromatic carbocycles. The highest BCUT2D eigenvalue weighted by Crippen LogP contribution is 2.19. The second kappa shape index (κ2) is 8.89. The van der Waals surface area contributed by atoms with Crippen LogP contribution in [0.2, 0.25) is 0 Å². The summed E-state index contributed by atoms with van der Waals surface area (Å²) in [6.45, 7) is 10.7. The predicted octanol–water partition coefficient (Wildman–Crippen LogP) is 3.36. The standard InChI is InChI=1S/C16H32N2O2S/c1-6-14(12-21-5)17-11-13-7-9-18(10-8-13)15(19)20-16(2,3)4/h13-14,17H,6-12H2,1-5H3. The third-order valence-electron chi connectivity index (χ3n) is 3.82. The molecule has 1 unspecified atom stereocenters. The Bertz CT molecular complexity index is 310. The second-order valence-electron chi connectivity index (χ2n) is 6.88.